The van der Waals surface area contributed by atoms with Gasteiger partial charge in [-0.15, -0.1) is 22.7 Å². The molecule has 1 saturated carbocycles. The van der Waals surface area contributed by atoms with Crippen molar-refractivity contribution in [3.8, 4) is 0 Å². The van der Waals surface area contributed by atoms with E-state index in [1.54, 1.807) is 32.9 Å². The van der Waals surface area contributed by atoms with Crippen molar-refractivity contribution in [2.24, 2.45) is 5.92 Å². The average molecular weight is 693 g/mol. The van der Waals surface area contributed by atoms with E-state index in [1.807, 2.05) is 0 Å². The summed E-state index contributed by atoms with van der Waals surface area (Å²) in [5, 5.41) is 21.4. The van der Waals surface area contributed by atoms with Crippen LogP contribution in [-0.2, 0) is 30.2 Å². The molecule has 0 aromatic carbocycles. The maximum Gasteiger partial charge on any atom is 0.411 e. The van der Waals surface area contributed by atoms with Gasteiger partial charge in [0.1, 0.15) is 27.2 Å². The molecule has 4 rings (SSSR count). The van der Waals surface area contributed by atoms with Gasteiger partial charge in [-0.3, -0.25) is 14.5 Å². The third-order valence-corrected chi connectivity index (χ3v) is 10.1. The van der Waals surface area contributed by atoms with Gasteiger partial charge in [-0.2, -0.15) is 0 Å². The van der Waals surface area contributed by atoms with Crippen molar-refractivity contribution in [1.82, 2.24) is 4.90 Å². The summed E-state index contributed by atoms with van der Waals surface area (Å²) in [6.45, 7) is 6.60. The van der Waals surface area contributed by atoms with Crippen LogP contribution in [0.2, 0.25) is 0 Å². The number of unbranched alkanes of at least 4 members (excludes halogenated alkanes) is 3. The zero-order valence-electron chi connectivity index (χ0n) is 27.0. The molecule has 14 heteroatoms. The number of Topliss-reactive ketones (excluding diaryl/α,β-unsaturated/α-hetero) is 1. The minimum absolute atomic E-state index is 0.0412. The Hall–Kier alpha value is -3.33. The lowest BCUT2D eigenvalue weighted by atomic mass is 9.99. The van der Waals surface area contributed by atoms with Crippen LogP contribution >= 0.6 is 22.7 Å². The normalized spacial score (nSPS) is 21.1. The number of ketones is 1. The first-order valence-corrected chi connectivity index (χ1v) is 17.6. The van der Waals surface area contributed by atoms with Crippen molar-refractivity contribution in [3.63, 3.8) is 0 Å². The molecule has 4 atom stereocenters. The predicted octanol–water partition coefficient (Wildman–Crippen LogP) is 6.10. The number of nitrogens with zero attached hydrogens (tertiary/aromatic N) is 1. The smallest absolute Gasteiger partial charge is 0.411 e. The zero-order valence-corrected chi connectivity index (χ0v) is 28.7. The number of carboxylic acids is 2. The molecule has 0 unspecified atom stereocenters. The summed E-state index contributed by atoms with van der Waals surface area (Å²) in [5.41, 5.74) is -0.735. The number of carbonyl (C=O) groups is 5. The van der Waals surface area contributed by atoms with Crippen molar-refractivity contribution >= 4 is 57.4 Å². The van der Waals surface area contributed by atoms with Crippen LogP contribution in [0.1, 0.15) is 96.4 Å². The van der Waals surface area contributed by atoms with E-state index in [1.165, 1.54) is 17.0 Å². The maximum atomic E-state index is 13.1. The number of nitrogens with one attached hydrogen (secondary N) is 1. The Balaban J connectivity index is 1.12. The zero-order chi connectivity index (χ0) is 34.1. The molecular weight excluding hydrogens is 649 g/mol. The summed E-state index contributed by atoms with van der Waals surface area (Å²) in [6.07, 6.45) is 5.68. The number of amides is 2. The number of thiophene rings is 2. The molecule has 0 bridgehead atoms. The quantitative estimate of drug-likeness (QED) is 0.175. The van der Waals surface area contributed by atoms with Gasteiger partial charge in [0.05, 0.1) is 23.8 Å². The molecule has 0 radical (unpaired) electrons. The van der Waals surface area contributed by atoms with E-state index in [4.69, 9.17) is 24.4 Å². The fraction of sp³-hybridized carbons (Fsp3) is 0.606. The Morgan fingerprint density at radius 1 is 0.851 bits per heavy atom. The average Bonchev–Trinajstić information content (AvgIpc) is 3.80. The van der Waals surface area contributed by atoms with E-state index in [-0.39, 0.29) is 46.6 Å². The molecule has 1 aliphatic heterocycles. The first-order valence-electron chi connectivity index (χ1n) is 16.0. The van der Waals surface area contributed by atoms with Gasteiger partial charge in [-0.05, 0) is 77.1 Å². The van der Waals surface area contributed by atoms with Gasteiger partial charge in [-0.1, -0.05) is 12.8 Å². The number of anilines is 1. The molecule has 258 valence electrons. The SMILES string of the molecule is CC(C)(C)OC(=O)N1C[C@H](OCCCCCCO[C@H]2CC[C@H](C(=O)Cc3ccc(C(=O)O)s3)C2)C[C@H]1C(=O)Nc1ccc(C(=O)O)s1. The summed E-state index contributed by atoms with van der Waals surface area (Å²) in [6, 6.07) is 5.40. The van der Waals surface area contributed by atoms with E-state index >= 15 is 0 Å². The van der Waals surface area contributed by atoms with Gasteiger partial charge in [0.15, 0.2) is 0 Å². The maximum absolute atomic E-state index is 13.1. The number of carbonyl (C=O) groups excluding carboxylic acids is 3. The van der Waals surface area contributed by atoms with E-state index in [2.05, 4.69) is 5.32 Å². The molecule has 2 aromatic rings. The topological polar surface area (TPSA) is 169 Å². The Morgan fingerprint density at radius 3 is 2.11 bits per heavy atom. The number of carboxylic acid groups (broad SMARTS) is 2. The van der Waals surface area contributed by atoms with Crippen molar-refractivity contribution in [2.45, 2.75) is 102 Å². The van der Waals surface area contributed by atoms with Gasteiger partial charge >= 0.3 is 18.0 Å². The first-order chi connectivity index (χ1) is 22.3. The lowest BCUT2D eigenvalue weighted by Crippen LogP contribution is -2.45. The van der Waals surface area contributed by atoms with Crippen LogP contribution in [0.5, 0.6) is 0 Å². The lowest BCUT2D eigenvalue weighted by molar-refractivity contribution is -0.122. The Kier molecular flexibility index (Phi) is 12.9. The summed E-state index contributed by atoms with van der Waals surface area (Å²) < 4.78 is 17.6. The third kappa shape index (κ3) is 11.1. The number of hydrogen-bond acceptors (Lipinski definition) is 10. The van der Waals surface area contributed by atoms with Crippen LogP contribution in [0.15, 0.2) is 24.3 Å². The Labute approximate surface area is 282 Å². The van der Waals surface area contributed by atoms with Crippen LogP contribution in [0.3, 0.4) is 0 Å². The van der Waals surface area contributed by atoms with Crippen LogP contribution in [-0.4, -0.2) is 88.4 Å². The molecular formula is C33H44N2O10S2. The van der Waals surface area contributed by atoms with E-state index < -0.39 is 35.6 Å². The third-order valence-electron chi connectivity index (χ3n) is 8.06. The Bertz CT molecular complexity index is 1410. The number of rotatable bonds is 16. The molecule has 3 heterocycles. The van der Waals surface area contributed by atoms with Crippen LogP contribution < -0.4 is 5.32 Å². The molecule has 2 aliphatic rings. The first kappa shape index (κ1) is 36.5. The molecule has 1 saturated heterocycles. The van der Waals surface area contributed by atoms with Gasteiger partial charge in [0, 0.05) is 36.9 Å². The highest BCUT2D eigenvalue weighted by atomic mass is 32.1. The molecule has 2 amide bonds. The van der Waals surface area contributed by atoms with Crippen molar-refractivity contribution in [1.29, 1.82) is 0 Å². The largest absolute Gasteiger partial charge is 0.477 e. The summed E-state index contributed by atoms with van der Waals surface area (Å²) in [5.74, 6) is -2.36. The van der Waals surface area contributed by atoms with Crippen LogP contribution in [0, 0.1) is 5.92 Å². The van der Waals surface area contributed by atoms with Crippen LogP contribution in [0.4, 0.5) is 9.80 Å². The lowest BCUT2D eigenvalue weighted by Gasteiger charge is -2.27. The highest BCUT2D eigenvalue weighted by Gasteiger charge is 2.42. The number of aromatic carboxylic acids is 2. The molecule has 2 fully saturated rings. The number of ether oxygens (including phenoxy) is 3. The second-order valence-corrected chi connectivity index (χ2v) is 15.2. The summed E-state index contributed by atoms with van der Waals surface area (Å²) in [4.78, 5) is 63.6. The second-order valence-electron chi connectivity index (χ2n) is 13.0. The number of hydrogen-bond donors (Lipinski definition) is 3. The standard InChI is InChI=1S/C33H44N2O10S2/c1-33(2,3)45-32(42)35-19-22(17-24(35)29(37)34-28-13-12-27(47-28)31(40)41)44-15-7-5-4-6-14-43-21-9-8-20(16-21)25(36)18-23-10-11-26(46-23)30(38)39/h10-13,20-22,24H,4-9,14-19H2,1-3H3,(H,34,37)(H,38,39)(H,40,41)/t20-,21-,22+,24-/m0/s1. The van der Waals surface area contributed by atoms with E-state index in [0.717, 1.165) is 66.1 Å². The molecule has 0 spiro atoms. The Morgan fingerprint density at radius 2 is 1.49 bits per heavy atom. The molecule has 47 heavy (non-hydrogen) atoms. The molecule has 2 aromatic heterocycles. The molecule has 1 aliphatic carbocycles. The minimum Gasteiger partial charge on any atom is -0.477 e. The van der Waals surface area contributed by atoms with Crippen molar-refractivity contribution < 1.29 is 48.4 Å². The second kappa shape index (κ2) is 16.7. The highest BCUT2D eigenvalue weighted by Crippen LogP contribution is 2.31. The predicted molar refractivity (Wildman–Crippen MR) is 177 cm³/mol. The highest BCUT2D eigenvalue weighted by molar-refractivity contribution is 7.18. The van der Waals surface area contributed by atoms with Crippen molar-refractivity contribution in [3.05, 3.63) is 38.9 Å². The molecule has 3 N–H and O–H groups in total. The van der Waals surface area contributed by atoms with Gasteiger partial charge in [0.25, 0.3) is 0 Å². The number of likely N-dealkylation sites (tertiary alicyclic amines) is 1. The van der Waals surface area contributed by atoms with Crippen LogP contribution in [0.25, 0.3) is 0 Å². The molecule has 12 nitrogen and oxygen atoms in total. The van der Waals surface area contributed by atoms with Crippen molar-refractivity contribution in [2.75, 3.05) is 25.1 Å². The minimum atomic E-state index is -1.07. The fourth-order valence-electron chi connectivity index (χ4n) is 5.76. The summed E-state index contributed by atoms with van der Waals surface area (Å²) >= 11 is 2.10. The monoisotopic (exact) mass is 692 g/mol. The van der Waals surface area contributed by atoms with E-state index in [0.29, 0.717) is 31.1 Å². The van der Waals surface area contributed by atoms with Gasteiger partial charge in [0.2, 0.25) is 5.91 Å². The van der Waals surface area contributed by atoms with Gasteiger partial charge < -0.3 is 29.7 Å². The summed E-state index contributed by atoms with van der Waals surface area (Å²) in [7, 11) is 0. The van der Waals surface area contributed by atoms with Gasteiger partial charge in [-0.25, -0.2) is 14.4 Å². The van der Waals surface area contributed by atoms with E-state index in [9.17, 15) is 24.0 Å². The fourth-order valence-corrected chi connectivity index (χ4v) is 7.36.